The summed E-state index contributed by atoms with van der Waals surface area (Å²) in [6.07, 6.45) is 2.41. The number of amides is 1. The van der Waals surface area contributed by atoms with Gasteiger partial charge in [0.1, 0.15) is 5.82 Å². The summed E-state index contributed by atoms with van der Waals surface area (Å²) in [5.74, 6) is -1.53. The number of anilines is 1. The SMILES string of the molecule is CCN(C(=O)COC(=O)/C=C/c1ccccc1F)c1nc2ccccc2s1. The molecular weight excluding hydrogens is 367 g/mol. The van der Waals surface area contributed by atoms with Crippen LogP contribution in [0.25, 0.3) is 16.3 Å². The normalized spacial score (nSPS) is 11.0. The molecule has 0 saturated heterocycles. The molecule has 0 aliphatic rings. The largest absolute Gasteiger partial charge is 0.452 e. The lowest BCUT2D eigenvalue weighted by Gasteiger charge is -2.17. The fraction of sp³-hybridized carbons (Fsp3) is 0.150. The smallest absolute Gasteiger partial charge is 0.331 e. The number of para-hydroxylation sites is 1. The van der Waals surface area contributed by atoms with Gasteiger partial charge in [0.2, 0.25) is 0 Å². The van der Waals surface area contributed by atoms with E-state index in [1.165, 1.54) is 34.4 Å². The molecule has 5 nitrogen and oxygen atoms in total. The number of fused-ring (bicyclic) bond motifs is 1. The van der Waals surface area contributed by atoms with E-state index >= 15 is 0 Å². The number of hydrogen-bond acceptors (Lipinski definition) is 5. The second-order valence-corrected chi connectivity index (χ2v) is 6.57. The van der Waals surface area contributed by atoms with Crippen LogP contribution < -0.4 is 4.90 Å². The van der Waals surface area contributed by atoms with Crippen molar-refractivity contribution in [2.45, 2.75) is 6.92 Å². The molecule has 0 N–H and O–H groups in total. The molecule has 0 radical (unpaired) electrons. The minimum atomic E-state index is -0.716. The molecule has 3 rings (SSSR count). The number of esters is 1. The zero-order chi connectivity index (χ0) is 19.2. The van der Waals surface area contributed by atoms with Crippen LogP contribution in [0.1, 0.15) is 12.5 Å². The Morgan fingerprint density at radius 3 is 2.67 bits per heavy atom. The third-order valence-corrected chi connectivity index (χ3v) is 4.83. The van der Waals surface area contributed by atoms with Gasteiger partial charge in [-0.3, -0.25) is 9.69 Å². The van der Waals surface area contributed by atoms with Crippen LogP contribution in [0.5, 0.6) is 0 Å². The zero-order valence-corrected chi connectivity index (χ0v) is 15.4. The highest BCUT2D eigenvalue weighted by Crippen LogP contribution is 2.28. The van der Waals surface area contributed by atoms with E-state index in [2.05, 4.69) is 4.98 Å². The Kier molecular flexibility index (Phi) is 5.93. The number of carbonyl (C=O) groups is 2. The molecule has 0 fully saturated rings. The van der Waals surface area contributed by atoms with Gasteiger partial charge in [-0.05, 0) is 31.2 Å². The molecule has 27 heavy (non-hydrogen) atoms. The molecule has 0 bridgehead atoms. The second kappa shape index (κ2) is 8.55. The van der Waals surface area contributed by atoms with E-state index < -0.39 is 18.4 Å². The predicted octanol–water partition coefficient (Wildman–Crippen LogP) is 4.04. The molecular formula is C20H17FN2O3S. The number of carbonyl (C=O) groups excluding carboxylic acids is 2. The van der Waals surface area contributed by atoms with Crippen molar-refractivity contribution in [2.75, 3.05) is 18.1 Å². The number of rotatable bonds is 6. The minimum absolute atomic E-state index is 0.269. The maximum atomic E-state index is 13.5. The van der Waals surface area contributed by atoms with Gasteiger partial charge in [0, 0.05) is 18.2 Å². The van der Waals surface area contributed by atoms with Crippen molar-refractivity contribution in [3.05, 3.63) is 66.0 Å². The Labute approximate surface area is 159 Å². The Morgan fingerprint density at radius 2 is 1.93 bits per heavy atom. The topological polar surface area (TPSA) is 59.5 Å². The third kappa shape index (κ3) is 4.57. The van der Waals surface area contributed by atoms with Gasteiger partial charge < -0.3 is 4.74 Å². The molecule has 0 aliphatic heterocycles. The molecule has 2 aromatic carbocycles. The van der Waals surface area contributed by atoms with Crippen molar-refractivity contribution in [2.24, 2.45) is 0 Å². The molecule has 0 unspecified atom stereocenters. The standard InChI is InChI=1S/C20H17FN2O3S/c1-2-23(20-22-16-9-5-6-10-17(16)27-20)18(24)13-26-19(25)12-11-14-7-3-4-8-15(14)21/h3-12H,2,13H2,1H3/b12-11+. The molecule has 0 spiro atoms. The predicted molar refractivity (Wildman–Crippen MR) is 104 cm³/mol. The van der Waals surface area contributed by atoms with Crippen LogP contribution in [-0.4, -0.2) is 30.0 Å². The first kappa shape index (κ1) is 18.7. The van der Waals surface area contributed by atoms with E-state index in [-0.39, 0.29) is 11.5 Å². The lowest BCUT2D eigenvalue weighted by molar-refractivity contribution is -0.142. The summed E-state index contributed by atoms with van der Waals surface area (Å²) < 4.78 is 19.5. The summed E-state index contributed by atoms with van der Waals surface area (Å²) in [7, 11) is 0. The van der Waals surface area contributed by atoms with Gasteiger partial charge in [-0.25, -0.2) is 14.2 Å². The number of ether oxygens (including phenoxy) is 1. The van der Waals surface area contributed by atoms with E-state index in [1.807, 2.05) is 31.2 Å². The Morgan fingerprint density at radius 1 is 1.19 bits per heavy atom. The average molecular weight is 384 g/mol. The summed E-state index contributed by atoms with van der Waals surface area (Å²) >= 11 is 1.40. The Bertz CT molecular complexity index is 967. The molecule has 7 heteroatoms. The fourth-order valence-corrected chi connectivity index (χ4v) is 3.47. The number of thiazole rings is 1. The van der Waals surface area contributed by atoms with Gasteiger partial charge in [-0.15, -0.1) is 0 Å². The number of aromatic nitrogens is 1. The van der Waals surface area contributed by atoms with Crippen molar-refractivity contribution in [3.8, 4) is 0 Å². The average Bonchev–Trinajstić information content (AvgIpc) is 3.10. The molecule has 0 atom stereocenters. The van der Waals surface area contributed by atoms with Crippen LogP contribution >= 0.6 is 11.3 Å². The summed E-state index contributed by atoms with van der Waals surface area (Å²) in [4.78, 5) is 30.1. The number of halogens is 1. The molecule has 138 valence electrons. The van der Waals surface area contributed by atoms with Crippen LogP contribution in [0, 0.1) is 5.82 Å². The lowest BCUT2D eigenvalue weighted by atomic mass is 10.2. The van der Waals surface area contributed by atoms with Crippen molar-refractivity contribution in [1.82, 2.24) is 4.98 Å². The first-order chi connectivity index (χ1) is 13.1. The number of hydrogen-bond donors (Lipinski definition) is 0. The van der Waals surface area contributed by atoms with Gasteiger partial charge in [0.25, 0.3) is 5.91 Å². The molecule has 0 aliphatic carbocycles. The molecule has 1 heterocycles. The fourth-order valence-electron chi connectivity index (χ4n) is 2.42. The van der Waals surface area contributed by atoms with Gasteiger partial charge >= 0.3 is 5.97 Å². The Hall–Kier alpha value is -3.06. The highest BCUT2D eigenvalue weighted by Gasteiger charge is 2.19. The van der Waals surface area contributed by atoms with E-state index in [0.717, 1.165) is 16.3 Å². The van der Waals surface area contributed by atoms with Crippen molar-refractivity contribution in [3.63, 3.8) is 0 Å². The molecule has 1 amide bonds. The lowest BCUT2D eigenvalue weighted by Crippen LogP contribution is -2.34. The van der Waals surface area contributed by atoms with E-state index in [0.29, 0.717) is 11.7 Å². The van der Waals surface area contributed by atoms with Crippen LogP contribution in [0.15, 0.2) is 54.6 Å². The Balaban J connectivity index is 1.61. The van der Waals surface area contributed by atoms with Crippen LogP contribution in [0.2, 0.25) is 0 Å². The first-order valence-electron chi connectivity index (χ1n) is 8.33. The maximum Gasteiger partial charge on any atom is 0.331 e. The van der Waals surface area contributed by atoms with E-state index in [9.17, 15) is 14.0 Å². The number of benzene rings is 2. The minimum Gasteiger partial charge on any atom is -0.452 e. The summed E-state index contributed by atoms with van der Waals surface area (Å²) in [5, 5.41) is 0.557. The van der Waals surface area contributed by atoms with Crippen LogP contribution in [-0.2, 0) is 14.3 Å². The summed E-state index contributed by atoms with van der Waals surface area (Å²) in [6, 6.07) is 13.7. The highest BCUT2D eigenvalue weighted by atomic mass is 32.1. The van der Waals surface area contributed by atoms with Crippen LogP contribution in [0.3, 0.4) is 0 Å². The molecule has 0 saturated carbocycles. The van der Waals surface area contributed by atoms with Gasteiger partial charge in [0.15, 0.2) is 11.7 Å². The summed E-state index contributed by atoms with van der Waals surface area (Å²) in [5.41, 5.74) is 1.08. The van der Waals surface area contributed by atoms with Gasteiger partial charge in [-0.2, -0.15) is 0 Å². The van der Waals surface area contributed by atoms with E-state index in [4.69, 9.17) is 4.74 Å². The summed E-state index contributed by atoms with van der Waals surface area (Å²) in [6.45, 7) is 1.81. The number of nitrogens with zero attached hydrogens (tertiary/aromatic N) is 2. The van der Waals surface area contributed by atoms with Crippen molar-refractivity contribution >= 4 is 44.6 Å². The van der Waals surface area contributed by atoms with Crippen molar-refractivity contribution < 1.29 is 18.7 Å². The number of likely N-dealkylation sites (N-methyl/N-ethyl adjacent to an activating group) is 1. The second-order valence-electron chi connectivity index (χ2n) is 5.56. The van der Waals surface area contributed by atoms with Gasteiger partial charge in [0.05, 0.1) is 10.2 Å². The monoisotopic (exact) mass is 384 g/mol. The maximum absolute atomic E-state index is 13.5. The van der Waals surface area contributed by atoms with Crippen LogP contribution in [0.4, 0.5) is 9.52 Å². The quantitative estimate of drug-likeness (QED) is 0.475. The first-order valence-corrected chi connectivity index (χ1v) is 9.15. The third-order valence-electron chi connectivity index (χ3n) is 3.77. The van der Waals surface area contributed by atoms with E-state index in [1.54, 1.807) is 12.1 Å². The molecule has 3 aromatic rings. The zero-order valence-electron chi connectivity index (χ0n) is 14.6. The molecule has 1 aromatic heterocycles. The van der Waals surface area contributed by atoms with Gasteiger partial charge in [-0.1, -0.05) is 41.7 Å². The highest BCUT2D eigenvalue weighted by molar-refractivity contribution is 7.22. The van der Waals surface area contributed by atoms with Crippen molar-refractivity contribution in [1.29, 1.82) is 0 Å².